The van der Waals surface area contributed by atoms with Gasteiger partial charge in [-0.05, 0) is 25.5 Å². The lowest BCUT2D eigenvalue weighted by atomic mass is 10.2. The molecule has 1 aromatic carbocycles. The summed E-state index contributed by atoms with van der Waals surface area (Å²) < 4.78 is 11.1. The molecule has 0 amide bonds. The van der Waals surface area contributed by atoms with Crippen molar-refractivity contribution in [1.82, 2.24) is 0 Å². The number of para-hydroxylation sites is 2. The van der Waals surface area contributed by atoms with Gasteiger partial charge in [-0.1, -0.05) is 19.1 Å². The van der Waals surface area contributed by atoms with Gasteiger partial charge in [-0.25, -0.2) is 0 Å². The molecule has 0 saturated heterocycles. The monoisotopic (exact) mass is 236 g/mol. The van der Waals surface area contributed by atoms with Crippen LogP contribution in [0.2, 0.25) is 0 Å². The molecule has 0 heterocycles. The van der Waals surface area contributed by atoms with E-state index in [0.717, 1.165) is 17.9 Å². The van der Waals surface area contributed by atoms with Crippen LogP contribution in [0.15, 0.2) is 24.3 Å². The molecular weight excluding hydrogens is 216 g/mol. The highest BCUT2D eigenvalue weighted by molar-refractivity contribution is 5.77. The van der Waals surface area contributed by atoms with Crippen LogP contribution < -0.4 is 9.47 Å². The van der Waals surface area contributed by atoms with E-state index in [-0.39, 0.29) is 5.78 Å². The topological polar surface area (TPSA) is 35.5 Å². The lowest BCUT2D eigenvalue weighted by molar-refractivity contribution is -0.118. The van der Waals surface area contributed by atoms with Gasteiger partial charge in [0.1, 0.15) is 5.78 Å². The number of ketones is 1. The van der Waals surface area contributed by atoms with Gasteiger partial charge in [0, 0.05) is 12.8 Å². The van der Waals surface area contributed by atoms with Gasteiger partial charge in [0.2, 0.25) is 0 Å². The van der Waals surface area contributed by atoms with E-state index in [1.165, 1.54) is 0 Å². The first-order valence-electron chi connectivity index (χ1n) is 6.14. The Bertz CT molecular complexity index is 347. The smallest absolute Gasteiger partial charge is 0.161 e. The van der Waals surface area contributed by atoms with Crippen LogP contribution in [0.4, 0.5) is 0 Å². The van der Waals surface area contributed by atoms with Crippen LogP contribution in [0.3, 0.4) is 0 Å². The predicted molar refractivity (Wildman–Crippen MR) is 67.6 cm³/mol. The third-order valence-corrected chi connectivity index (χ3v) is 2.40. The van der Waals surface area contributed by atoms with Crippen LogP contribution in [0.1, 0.15) is 33.1 Å². The summed E-state index contributed by atoms with van der Waals surface area (Å²) in [7, 11) is 0. The Labute approximate surface area is 103 Å². The number of Topliss-reactive ketones (excluding diaryl/α,β-unsaturated/α-hetero) is 1. The summed E-state index contributed by atoms with van der Waals surface area (Å²) in [6.45, 7) is 4.99. The molecule has 0 aliphatic carbocycles. The first-order valence-corrected chi connectivity index (χ1v) is 6.14. The average Bonchev–Trinajstić information content (AvgIpc) is 2.36. The van der Waals surface area contributed by atoms with Crippen LogP contribution in [0.25, 0.3) is 0 Å². The quantitative estimate of drug-likeness (QED) is 0.650. The maximum Gasteiger partial charge on any atom is 0.161 e. The fraction of sp³-hybridized carbons (Fsp3) is 0.500. The highest BCUT2D eigenvalue weighted by Gasteiger charge is 2.03. The Morgan fingerprint density at radius 1 is 1.12 bits per heavy atom. The second kappa shape index (κ2) is 7.71. The lowest BCUT2D eigenvalue weighted by Crippen LogP contribution is -2.03. The second-order valence-corrected chi connectivity index (χ2v) is 3.72. The van der Waals surface area contributed by atoms with Crippen LogP contribution in [-0.4, -0.2) is 19.0 Å². The molecule has 0 N–H and O–H groups in total. The zero-order valence-electron chi connectivity index (χ0n) is 10.6. The van der Waals surface area contributed by atoms with Gasteiger partial charge in [0.05, 0.1) is 13.2 Å². The highest BCUT2D eigenvalue weighted by Crippen LogP contribution is 2.26. The molecule has 0 radical (unpaired) electrons. The first-order chi connectivity index (χ1) is 8.27. The first kappa shape index (κ1) is 13.6. The molecular formula is C14H20O3. The van der Waals surface area contributed by atoms with Gasteiger partial charge in [0.25, 0.3) is 0 Å². The number of hydrogen-bond acceptors (Lipinski definition) is 3. The lowest BCUT2D eigenvalue weighted by Gasteiger charge is -2.11. The number of hydrogen-bond donors (Lipinski definition) is 0. The van der Waals surface area contributed by atoms with Crippen molar-refractivity contribution in [2.24, 2.45) is 0 Å². The van der Waals surface area contributed by atoms with E-state index < -0.39 is 0 Å². The molecule has 0 fully saturated rings. The number of carbonyl (C=O) groups is 1. The zero-order chi connectivity index (χ0) is 12.5. The van der Waals surface area contributed by atoms with Crippen molar-refractivity contribution in [3.8, 4) is 11.5 Å². The summed E-state index contributed by atoms with van der Waals surface area (Å²) in [6, 6.07) is 7.59. The van der Waals surface area contributed by atoms with E-state index in [9.17, 15) is 4.79 Å². The minimum absolute atomic E-state index is 0.284. The standard InChI is InChI=1S/C14H20O3/c1-3-12(15)8-7-11-17-14-10-6-5-9-13(14)16-4-2/h5-6,9-10H,3-4,7-8,11H2,1-2H3. The fourth-order valence-electron chi connectivity index (χ4n) is 1.47. The summed E-state index contributed by atoms with van der Waals surface area (Å²) in [5.41, 5.74) is 0. The molecule has 0 atom stereocenters. The third kappa shape index (κ3) is 4.89. The largest absolute Gasteiger partial charge is 0.490 e. The van der Waals surface area contributed by atoms with Crippen molar-refractivity contribution in [3.63, 3.8) is 0 Å². The van der Waals surface area contributed by atoms with Crippen molar-refractivity contribution in [2.45, 2.75) is 33.1 Å². The van der Waals surface area contributed by atoms with Gasteiger partial charge >= 0.3 is 0 Å². The minimum atomic E-state index is 0.284. The van der Waals surface area contributed by atoms with Crippen molar-refractivity contribution in [2.75, 3.05) is 13.2 Å². The number of rotatable bonds is 8. The van der Waals surface area contributed by atoms with Crippen molar-refractivity contribution >= 4 is 5.78 Å². The van der Waals surface area contributed by atoms with Crippen LogP contribution in [-0.2, 0) is 4.79 Å². The Kier molecular flexibility index (Phi) is 6.15. The summed E-state index contributed by atoms with van der Waals surface area (Å²) in [4.78, 5) is 11.1. The Balaban J connectivity index is 2.38. The zero-order valence-corrected chi connectivity index (χ0v) is 10.6. The van der Waals surface area contributed by atoms with Gasteiger partial charge in [0.15, 0.2) is 11.5 Å². The molecule has 1 aromatic rings. The molecule has 0 aliphatic rings. The summed E-state index contributed by atoms with van der Waals surface area (Å²) >= 11 is 0. The molecule has 1 rings (SSSR count). The van der Waals surface area contributed by atoms with E-state index in [0.29, 0.717) is 26.1 Å². The number of ether oxygens (including phenoxy) is 2. The highest BCUT2D eigenvalue weighted by atomic mass is 16.5. The normalized spacial score (nSPS) is 10.0. The van der Waals surface area contributed by atoms with Crippen LogP contribution >= 0.6 is 0 Å². The molecule has 3 nitrogen and oxygen atoms in total. The maximum atomic E-state index is 11.1. The van der Waals surface area contributed by atoms with E-state index in [1.807, 2.05) is 38.1 Å². The van der Waals surface area contributed by atoms with E-state index in [2.05, 4.69) is 0 Å². The molecule has 0 unspecified atom stereocenters. The molecule has 3 heteroatoms. The summed E-state index contributed by atoms with van der Waals surface area (Å²) in [6.07, 6.45) is 1.95. The second-order valence-electron chi connectivity index (χ2n) is 3.72. The van der Waals surface area contributed by atoms with Crippen molar-refractivity contribution in [1.29, 1.82) is 0 Å². The fourth-order valence-corrected chi connectivity index (χ4v) is 1.47. The molecule has 94 valence electrons. The van der Waals surface area contributed by atoms with Crippen LogP contribution in [0.5, 0.6) is 11.5 Å². The number of carbonyl (C=O) groups excluding carboxylic acids is 1. The average molecular weight is 236 g/mol. The molecule has 17 heavy (non-hydrogen) atoms. The van der Waals surface area contributed by atoms with E-state index in [1.54, 1.807) is 0 Å². The van der Waals surface area contributed by atoms with Crippen molar-refractivity contribution in [3.05, 3.63) is 24.3 Å². The minimum Gasteiger partial charge on any atom is -0.490 e. The Morgan fingerprint density at radius 3 is 2.35 bits per heavy atom. The van der Waals surface area contributed by atoms with E-state index >= 15 is 0 Å². The third-order valence-electron chi connectivity index (χ3n) is 2.40. The van der Waals surface area contributed by atoms with Gasteiger partial charge < -0.3 is 9.47 Å². The van der Waals surface area contributed by atoms with E-state index in [4.69, 9.17) is 9.47 Å². The summed E-state index contributed by atoms with van der Waals surface area (Å²) in [5.74, 6) is 1.79. The van der Waals surface area contributed by atoms with Gasteiger partial charge in [-0.3, -0.25) is 4.79 Å². The van der Waals surface area contributed by atoms with Gasteiger partial charge in [-0.2, -0.15) is 0 Å². The molecule has 0 bridgehead atoms. The predicted octanol–water partition coefficient (Wildman–Crippen LogP) is 3.22. The molecule has 0 spiro atoms. The van der Waals surface area contributed by atoms with Gasteiger partial charge in [-0.15, -0.1) is 0 Å². The number of benzene rings is 1. The van der Waals surface area contributed by atoms with Crippen molar-refractivity contribution < 1.29 is 14.3 Å². The molecule has 0 saturated carbocycles. The summed E-state index contributed by atoms with van der Waals surface area (Å²) in [5, 5.41) is 0. The Hall–Kier alpha value is -1.51. The molecule has 0 aliphatic heterocycles. The SMILES string of the molecule is CCOc1ccccc1OCCCC(=O)CC. The van der Waals surface area contributed by atoms with Crippen LogP contribution in [0, 0.1) is 0 Å². The maximum absolute atomic E-state index is 11.1. The molecule has 0 aromatic heterocycles. The Morgan fingerprint density at radius 2 is 1.76 bits per heavy atom.